The predicted molar refractivity (Wildman–Crippen MR) is 68.1 cm³/mol. The average molecular weight is 272 g/mol. The van der Waals surface area contributed by atoms with E-state index in [9.17, 15) is 20.1 Å². The molecule has 0 aliphatic carbocycles. The molecule has 0 aliphatic heterocycles. The van der Waals surface area contributed by atoms with Crippen LogP contribution in [0.2, 0.25) is 0 Å². The lowest BCUT2D eigenvalue weighted by Gasteiger charge is -2.18. The topological polar surface area (TPSA) is 98.0 Å². The van der Waals surface area contributed by atoms with Crippen LogP contribution in [-0.2, 0) is 11.4 Å². The SMILES string of the molecule is CC(=O)SCC(O)C(O)c1ccc(O)c(CO)c1. The number of aliphatic hydroxyl groups is 3. The summed E-state index contributed by atoms with van der Waals surface area (Å²) in [5.41, 5.74) is 0.659. The minimum absolute atomic E-state index is 0.0685. The van der Waals surface area contributed by atoms with E-state index in [1.165, 1.54) is 25.1 Å². The van der Waals surface area contributed by atoms with Gasteiger partial charge in [-0.15, -0.1) is 0 Å². The van der Waals surface area contributed by atoms with E-state index in [0.29, 0.717) is 5.56 Å². The highest BCUT2D eigenvalue weighted by Crippen LogP contribution is 2.25. The molecule has 0 amide bonds. The van der Waals surface area contributed by atoms with Crippen molar-refractivity contribution in [2.75, 3.05) is 5.75 Å². The molecule has 0 fully saturated rings. The van der Waals surface area contributed by atoms with Crippen LogP contribution in [0.15, 0.2) is 18.2 Å². The molecule has 1 rings (SSSR count). The van der Waals surface area contributed by atoms with E-state index < -0.39 is 12.2 Å². The molecule has 0 spiro atoms. The molecule has 6 heteroatoms. The van der Waals surface area contributed by atoms with Gasteiger partial charge in [0.2, 0.25) is 0 Å². The number of phenols is 1. The van der Waals surface area contributed by atoms with E-state index in [1.807, 2.05) is 0 Å². The van der Waals surface area contributed by atoms with Gasteiger partial charge in [0.05, 0.1) is 12.7 Å². The molecular formula is C12H16O5S. The molecule has 1 aromatic carbocycles. The number of benzene rings is 1. The van der Waals surface area contributed by atoms with Crippen molar-refractivity contribution in [3.8, 4) is 5.75 Å². The highest BCUT2D eigenvalue weighted by Gasteiger charge is 2.20. The largest absolute Gasteiger partial charge is 0.508 e. The van der Waals surface area contributed by atoms with Crippen molar-refractivity contribution in [1.29, 1.82) is 0 Å². The van der Waals surface area contributed by atoms with Crippen LogP contribution in [0.3, 0.4) is 0 Å². The Morgan fingerprint density at radius 2 is 2.06 bits per heavy atom. The second-order valence-corrected chi connectivity index (χ2v) is 5.06. The summed E-state index contributed by atoms with van der Waals surface area (Å²) >= 11 is 0.928. The summed E-state index contributed by atoms with van der Waals surface area (Å²) in [6.45, 7) is 1.03. The van der Waals surface area contributed by atoms with Crippen LogP contribution in [0.4, 0.5) is 0 Å². The molecule has 0 saturated heterocycles. The molecule has 4 N–H and O–H groups in total. The standard InChI is InChI=1S/C12H16O5S/c1-7(14)18-6-11(16)12(17)8-2-3-10(15)9(4-8)5-13/h2-4,11-13,15-17H,5-6H2,1H3. The van der Waals surface area contributed by atoms with Crippen molar-refractivity contribution >= 4 is 16.9 Å². The molecule has 0 saturated carbocycles. The minimum atomic E-state index is -1.16. The van der Waals surface area contributed by atoms with Crippen LogP contribution in [0.25, 0.3) is 0 Å². The first-order valence-electron chi connectivity index (χ1n) is 5.37. The van der Waals surface area contributed by atoms with Crippen LogP contribution in [0, 0.1) is 0 Å². The molecule has 0 aliphatic rings. The number of carbonyl (C=O) groups is 1. The normalized spacial score (nSPS) is 14.2. The van der Waals surface area contributed by atoms with Crippen molar-refractivity contribution in [2.24, 2.45) is 0 Å². The van der Waals surface area contributed by atoms with Gasteiger partial charge in [-0.25, -0.2) is 0 Å². The predicted octanol–water partition coefficient (Wildman–Crippen LogP) is 0.558. The molecular weight excluding hydrogens is 256 g/mol. The van der Waals surface area contributed by atoms with Gasteiger partial charge in [0.1, 0.15) is 11.9 Å². The van der Waals surface area contributed by atoms with Gasteiger partial charge in [-0.3, -0.25) is 4.79 Å². The number of aliphatic hydroxyl groups excluding tert-OH is 3. The number of thioether (sulfide) groups is 1. The van der Waals surface area contributed by atoms with E-state index in [-0.39, 0.29) is 28.8 Å². The number of hydrogen-bond donors (Lipinski definition) is 4. The van der Waals surface area contributed by atoms with Gasteiger partial charge in [0, 0.05) is 18.2 Å². The van der Waals surface area contributed by atoms with Gasteiger partial charge in [0.25, 0.3) is 0 Å². The Labute approximate surface area is 109 Å². The molecule has 0 radical (unpaired) electrons. The molecule has 2 atom stereocenters. The average Bonchev–Trinajstić information content (AvgIpc) is 2.35. The maximum Gasteiger partial charge on any atom is 0.185 e. The molecule has 100 valence electrons. The van der Waals surface area contributed by atoms with E-state index in [4.69, 9.17) is 5.11 Å². The summed E-state index contributed by atoms with van der Waals surface area (Å²) < 4.78 is 0. The van der Waals surface area contributed by atoms with Crippen LogP contribution >= 0.6 is 11.8 Å². The van der Waals surface area contributed by atoms with E-state index in [2.05, 4.69) is 0 Å². The van der Waals surface area contributed by atoms with Crippen LogP contribution < -0.4 is 0 Å². The summed E-state index contributed by atoms with van der Waals surface area (Å²) in [4.78, 5) is 10.8. The first-order chi connectivity index (χ1) is 8.45. The highest BCUT2D eigenvalue weighted by atomic mass is 32.2. The Bertz CT molecular complexity index is 421. The van der Waals surface area contributed by atoms with Crippen molar-refractivity contribution < 1.29 is 25.2 Å². The Kier molecular flexibility index (Phi) is 5.61. The van der Waals surface area contributed by atoms with E-state index in [0.717, 1.165) is 11.8 Å². The lowest BCUT2D eigenvalue weighted by Crippen LogP contribution is -2.21. The maximum absolute atomic E-state index is 10.8. The zero-order valence-corrected chi connectivity index (χ0v) is 10.7. The zero-order valence-electron chi connectivity index (χ0n) is 9.91. The Morgan fingerprint density at radius 3 is 2.61 bits per heavy atom. The van der Waals surface area contributed by atoms with E-state index >= 15 is 0 Å². The monoisotopic (exact) mass is 272 g/mol. The quantitative estimate of drug-likeness (QED) is 0.625. The third kappa shape index (κ3) is 3.99. The van der Waals surface area contributed by atoms with Crippen molar-refractivity contribution in [3.63, 3.8) is 0 Å². The third-order valence-electron chi connectivity index (χ3n) is 2.44. The molecule has 18 heavy (non-hydrogen) atoms. The molecule has 0 heterocycles. The second kappa shape index (κ2) is 6.75. The summed E-state index contributed by atoms with van der Waals surface area (Å²) in [6.07, 6.45) is -2.25. The van der Waals surface area contributed by atoms with Gasteiger partial charge in [-0.2, -0.15) is 0 Å². The lowest BCUT2D eigenvalue weighted by atomic mass is 10.0. The molecule has 5 nitrogen and oxygen atoms in total. The Morgan fingerprint density at radius 1 is 1.39 bits per heavy atom. The number of hydrogen-bond acceptors (Lipinski definition) is 6. The first kappa shape index (κ1) is 15.0. The third-order valence-corrected chi connectivity index (χ3v) is 3.35. The molecule has 2 unspecified atom stereocenters. The van der Waals surface area contributed by atoms with Gasteiger partial charge in [-0.05, 0) is 17.7 Å². The maximum atomic E-state index is 10.8. The second-order valence-electron chi connectivity index (χ2n) is 3.86. The van der Waals surface area contributed by atoms with Crippen LogP contribution in [0.1, 0.15) is 24.2 Å². The van der Waals surface area contributed by atoms with Crippen LogP contribution in [-0.4, -0.2) is 37.4 Å². The van der Waals surface area contributed by atoms with Crippen LogP contribution in [0.5, 0.6) is 5.75 Å². The molecule has 0 bridgehead atoms. The summed E-state index contributed by atoms with van der Waals surface area (Å²) in [5.74, 6) is 0.0207. The van der Waals surface area contributed by atoms with Gasteiger partial charge in [-0.1, -0.05) is 17.8 Å². The van der Waals surface area contributed by atoms with E-state index in [1.54, 1.807) is 0 Å². The summed E-state index contributed by atoms with van der Waals surface area (Å²) in [5, 5.41) is 37.8. The number of rotatable bonds is 5. The van der Waals surface area contributed by atoms with Gasteiger partial charge >= 0.3 is 0 Å². The Balaban J connectivity index is 2.76. The lowest BCUT2D eigenvalue weighted by molar-refractivity contribution is -0.109. The first-order valence-corrected chi connectivity index (χ1v) is 6.36. The van der Waals surface area contributed by atoms with Crippen molar-refractivity contribution in [3.05, 3.63) is 29.3 Å². The van der Waals surface area contributed by atoms with Gasteiger partial charge < -0.3 is 20.4 Å². The van der Waals surface area contributed by atoms with Crippen molar-refractivity contribution in [2.45, 2.75) is 25.7 Å². The van der Waals surface area contributed by atoms with Gasteiger partial charge in [0.15, 0.2) is 5.12 Å². The number of carbonyl (C=O) groups excluding carboxylic acids is 1. The zero-order chi connectivity index (χ0) is 13.7. The fourth-order valence-corrected chi connectivity index (χ4v) is 2.02. The minimum Gasteiger partial charge on any atom is -0.508 e. The highest BCUT2D eigenvalue weighted by molar-refractivity contribution is 8.13. The van der Waals surface area contributed by atoms with Crippen molar-refractivity contribution in [1.82, 2.24) is 0 Å². The molecule has 0 aromatic heterocycles. The molecule has 1 aromatic rings. The smallest absolute Gasteiger partial charge is 0.185 e. The summed E-state index contributed by atoms with van der Waals surface area (Å²) in [6, 6.07) is 4.22. The Hall–Kier alpha value is -1.08. The number of aromatic hydroxyl groups is 1. The summed E-state index contributed by atoms with van der Waals surface area (Å²) in [7, 11) is 0. The fraction of sp³-hybridized carbons (Fsp3) is 0.417. The fourth-order valence-electron chi connectivity index (χ4n) is 1.43.